The molecular weight excluding hydrogens is 436 g/mol. The number of thioether (sulfide) groups is 1. The number of rotatable bonds is 9. The van der Waals surface area contributed by atoms with Gasteiger partial charge in [-0.05, 0) is 41.4 Å². The van der Waals surface area contributed by atoms with E-state index in [-0.39, 0.29) is 11.7 Å². The van der Waals surface area contributed by atoms with E-state index in [2.05, 4.69) is 21.6 Å². The molecule has 4 aromatic rings. The number of ether oxygens (including phenoxy) is 1. The molecule has 4 rings (SSSR count). The van der Waals surface area contributed by atoms with E-state index in [1.54, 1.807) is 29.8 Å². The first kappa shape index (κ1) is 20.6. The molecule has 3 heterocycles. The Balaban J connectivity index is 1.51. The summed E-state index contributed by atoms with van der Waals surface area (Å²) in [7, 11) is 1.64. The van der Waals surface area contributed by atoms with Gasteiger partial charge in [0.25, 0.3) is 0 Å². The zero-order chi connectivity index (χ0) is 20.8. The van der Waals surface area contributed by atoms with Crippen molar-refractivity contribution in [3.05, 3.63) is 64.2 Å². The third kappa shape index (κ3) is 4.75. The SMILES string of the molecule is COc1ccccc1-n1c(SCC(=O)NCCc2cccs2)nnc1-c1cccs1. The van der Waals surface area contributed by atoms with Gasteiger partial charge < -0.3 is 10.1 Å². The van der Waals surface area contributed by atoms with Crippen molar-refractivity contribution in [2.45, 2.75) is 11.6 Å². The maximum Gasteiger partial charge on any atom is 0.230 e. The van der Waals surface area contributed by atoms with Crippen LogP contribution in [0, 0.1) is 0 Å². The number of para-hydroxylation sites is 2. The maximum absolute atomic E-state index is 12.3. The summed E-state index contributed by atoms with van der Waals surface area (Å²) in [6.45, 7) is 0.625. The molecule has 0 unspecified atom stereocenters. The van der Waals surface area contributed by atoms with Gasteiger partial charge in [-0.15, -0.1) is 32.9 Å². The highest BCUT2D eigenvalue weighted by molar-refractivity contribution is 7.99. The number of carbonyl (C=O) groups is 1. The number of amides is 1. The van der Waals surface area contributed by atoms with Crippen molar-refractivity contribution in [2.24, 2.45) is 0 Å². The summed E-state index contributed by atoms with van der Waals surface area (Å²) in [5.41, 5.74) is 0.842. The van der Waals surface area contributed by atoms with Gasteiger partial charge in [-0.2, -0.15) is 0 Å². The molecule has 0 fully saturated rings. The van der Waals surface area contributed by atoms with Crippen LogP contribution < -0.4 is 10.1 Å². The summed E-state index contributed by atoms with van der Waals surface area (Å²) >= 11 is 4.66. The third-order valence-corrected chi connectivity index (χ3v) is 7.04. The lowest BCUT2D eigenvalue weighted by atomic mass is 10.3. The second-order valence-electron chi connectivity index (χ2n) is 6.26. The van der Waals surface area contributed by atoms with E-state index in [9.17, 15) is 4.79 Å². The van der Waals surface area contributed by atoms with Crippen LogP contribution in [-0.2, 0) is 11.2 Å². The van der Waals surface area contributed by atoms with E-state index in [1.807, 2.05) is 57.8 Å². The highest BCUT2D eigenvalue weighted by atomic mass is 32.2. The molecule has 0 radical (unpaired) electrons. The number of hydrogen-bond donors (Lipinski definition) is 1. The average molecular weight is 457 g/mol. The molecule has 0 atom stereocenters. The Morgan fingerprint density at radius 3 is 2.70 bits per heavy atom. The van der Waals surface area contributed by atoms with Gasteiger partial charge in [0.05, 0.1) is 23.4 Å². The fourth-order valence-electron chi connectivity index (χ4n) is 2.92. The van der Waals surface area contributed by atoms with Crippen molar-refractivity contribution in [1.29, 1.82) is 0 Å². The first-order valence-electron chi connectivity index (χ1n) is 9.31. The second kappa shape index (κ2) is 9.92. The number of methoxy groups -OCH3 is 1. The molecule has 1 aromatic carbocycles. The molecule has 6 nitrogen and oxygen atoms in total. The predicted octanol–water partition coefficient (Wildman–Crippen LogP) is 4.52. The van der Waals surface area contributed by atoms with E-state index < -0.39 is 0 Å². The van der Waals surface area contributed by atoms with Gasteiger partial charge >= 0.3 is 0 Å². The number of thiophene rings is 2. The van der Waals surface area contributed by atoms with Gasteiger partial charge in [-0.25, -0.2) is 0 Å². The van der Waals surface area contributed by atoms with Gasteiger partial charge in [0.2, 0.25) is 5.91 Å². The van der Waals surface area contributed by atoms with Crippen LogP contribution in [0.4, 0.5) is 0 Å². The molecule has 0 aliphatic rings. The van der Waals surface area contributed by atoms with E-state index in [1.165, 1.54) is 16.6 Å². The molecule has 9 heteroatoms. The van der Waals surface area contributed by atoms with Crippen molar-refractivity contribution in [3.8, 4) is 22.1 Å². The van der Waals surface area contributed by atoms with Crippen LogP contribution in [0.15, 0.2) is 64.4 Å². The normalized spacial score (nSPS) is 10.8. The molecule has 1 amide bonds. The molecular formula is C21H20N4O2S3. The minimum absolute atomic E-state index is 0.0243. The Hall–Kier alpha value is -2.62. The second-order valence-corrected chi connectivity index (χ2v) is 9.18. The van der Waals surface area contributed by atoms with Crippen LogP contribution in [0.1, 0.15) is 4.88 Å². The van der Waals surface area contributed by atoms with Crippen LogP contribution >= 0.6 is 34.4 Å². The van der Waals surface area contributed by atoms with Crippen LogP contribution in [0.25, 0.3) is 16.4 Å². The largest absolute Gasteiger partial charge is 0.495 e. The topological polar surface area (TPSA) is 69.0 Å². The van der Waals surface area contributed by atoms with E-state index in [4.69, 9.17) is 4.74 Å². The lowest BCUT2D eigenvalue weighted by molar-refractivity contribution is -0.118. The highest BCUT2D eigenvalue weighted by Crippen LogP contribution is 2.33. The zero-order valence-electron chi connectivity index (χ0n) is 16.3. The molecule has 0 aliphatic carbocycles. The fraction of sp³-hybridized carbons (Fsp3) is 0.190. The molecule has 3 aromatic heterocycles. The molecule has 0 saturated heterocycles. The minimum Gasteiger partial charge on any atom is -0.495 e. The first-order valence-corrected chi connectivity index (χ1v) is 12.1. The molecule has 0 spiro atoms. The standard InChI is InChI=1S/C21H20N4O2S3/c1-27-17-8-3-2-7-16(17)25-20(18-9-5-13-29-18)23-24-21(25)30-14-19(26)22-11-10-15-6-4-12-28-15/h2-9,12-13H,10-11,14H2,1H3,(H,22,26). The molecule has 1 N–H and O–H groups in total. The van der Waals surface area contributed by atoms with Crippen LogP contribution in [-0.4, -0.2) is 40.1 Å². The Kier molecular flexibility index (Phi) is 6.83. The quantitative estimate of drug-likeness (QED) is 0.375. The van der Waals surface area contributed by atoms with Crippen molar-refractivity contribution >= 4 is 40.3 Å². The number of nitrogens with one attached hydrogen (secondary N) is 1. The Bertz CT molecular complexity index is 1090. The smallest absolute Gasteiger partial charge is 0.230 e. The minimum atomic E-state index is -0.0243. The van der Waals surface area contributed by atoms with E-state index >= 15 is 0 Å². The maximum atomic E-state index is 12.3. The van der Waals surface area contributed by atoms with Gasteiger partial charge in [-0.3, -0.25) is 9.36 Å². The predicted molar refractivity (Wildman–Crippen MR) is 123 cm³/mol. The van der Waals surface area contributed by atoms with Crippen molar-refractivity contribution in [2.75, 3.05) is 19.4 Å². The molecule has 154 valence electrons. The zero-order valence-corrected chi connectivity index (χ0v) is 18.7. The van der Waals surface area contributed by atoms with Crippen molar-refractivity contribution in [3.63, 3.8) is 0 Å². The van der Waals surface area contributed by atoms with Crippen LogP contribution in [0.2, 0.25) is 0 Å². The summed E-state index contributed by atoms with van der Waals surface area (Å²) < 4.78 is 7.50. The summed E-state index contributed by atoms with van der Waals surface area (Å²) in [4.78, 5) is 14.6. The summed E-state index contributed by atoms with van der Waals surface area (Å²) in [5.74, 6) is 1.69. The summed E-state index contributed by atoms with van der Waals surface area (Å²) in [6, 6.07) is 15.8. The van der Waals surface area contributed by atoms with E-state index in [0.29, 0.717) is 11.7 Å². The molecule has 0 aliphatic heterocycles. The van der Waals surface area contributed by atoms with E-state index in [0.717, 1.165) is 28.6 Å². The molecule has 0 bridgehead atoms. The molecule has 30 heavy (non-hydrogen) atoms. The van der Waals surface area contributed by atoms with Crippen molar-refractivity contribution in [1.82, 2.24) is 20.1 Å². The third-order valence-electron chi connectivity index (χ3n) is 4.31. The van der Waals surface area contributed by atoms with Crippen molar-refractivity contribution < 1.29 is 9.53 Å². The van der Waals surface area contributed by atoms with Gasteiger partial charge in [0.1, 0.15) is 5.75 Å². The van der Waals surface area contributed by atoms with Gasteiger partial charge in [0, 0.05) is 11.4 Å². The molecule has 0 saturated carbocycles. The fourth-order valence-corrected chi connectivity index (χ4v) is 5.10. The Morgan fingerprint density at radius 2 is 1.93 bits per heavy atom. The number of hydrogen-bond acceptors (Lipinski definition) is 7. The highest BCUT2D eigenvalue weighted by Gasteiger charge is 2.20. The number of nitrogens with zero attached hydrogens (tertiary/aromatic N) is 3. The average Bonchev–Trinajstić information content (AvgIpc) is 3.53. The van der Waals surface area contributed by atoms with Crippen LogP contribution in [0.5, 0.6) is 5.75 Å². The summed E-state index contributed by atoms with van der Waals surface area (Å²) in [6.07, 6.45) is 0.841. The van der Waals surface area contributed by atoms with Crippen LogP contribution in [0.3, 0.4) is 0 Å². The Labute approximate surface area is 186 Å². The number of aromatic nitrogens is 3. The monoisotopic (exact) mass is 456 g/mol. The lowest BCUT2D eigenvalue weighted by Gasteiger charge is -2.13. The van der Waals surface area contributed by atoms with Gasteiger partial charge in [-0.1, -0.05) is 36.0 Å². The van der Waals surface area contributed by atoms with Gasteiger partial charge in [0.15, 0.2) is 11.0 Å². The first-order chi connectivity index (χ1) is 14.8. The number of benzene rings is 1. The lowest BCUT2D eigenvalue weighted by Crippen LogP contribution is -2.27. The number of carbonyl (C=O) groups excluding carboxylic acids is 1. The Morgan fingerprint density at radius 1 is 1.10 bits per heavy atom. The summed E-state index contributed by atoms with van der Waals surface area (Å²) in [5, 5.41) is 16.4.